The first-order valence-electron chi connectivity index (χ1n) is 15.8. The third-order valence-corrected chi connectivity index (χ3v) is 8.71. The molecule has 1 aromatic carbocycles. The molecule has 0 radical (unpaired) electrons. The van der Waals surface area contributed by atoms with Crippen molar-refractivity contribution < 1.29 is 14.3 Å². The number of anilines is 4. The van der Waals surface area contributed by atoms with Crippen molar-refractivity contribution in [2.24, 2.45) is 10.9 Å². The first-order chi connectivity index (χ1) is 21.5. The van der Waals surface area contributed by atoms with Crippen molar-refractivity contribution in [1.82, 2.24) is 20.2 Å². The van der Waals surface area contributed by atoms with Gasteiger partial charge in [0.15, 0.2) is 12.1 Å². The molecule has 0 bridgehead atoms. The molecule has 44 heavy (non-hydrogen) atoms. The van der Waals surface area contributed by atoms with Gasteiger partial charge in [-0.3, -0.25) is 9.59 Å². The Kier molecular flexibility index (Phi) is 12.5. The number of aldehydes is 1. The van der Waals surface area contributed by atoms with E-state index in [4.69, 9.17) is 14.7 Å². The highest BCUT2D eigenvalue weighted by Crippen LogP contribution is 2.35. The van der Waals surface area contributed by atoms with Gasteiger partial charge < -0.3 is 30.1 Å². The van der Waals surface area contributed by atoms with Crippen LogP contribution in [0, 0.1) is 5.92 Å². The number of methoxy groups -OCH3 is 1. The first-order valence-corrected chi connectivity index (χ1v) is 15.8. The van der Waals surface area contributed by atoms with Gasteiger partial charge in [-0.05, 0) is 51.3 Å². The first kappa shape index (κ1) is 32.9. The lowest BCUT2D eigenvalue weighted by molar-refractivity contribution is -0.109. The summed E-state index contributed by atoms with van der Waals surface area (Å²) in [5.74, 6) is 1.89. The molecule has 1 saturated carbocycles. The SMILES string of the molecule is C=CCC(CCCNC=O)N(C)c1nc(Nc2ccc(N3CCN(C)CC3)cc2OC)ncc1N=C(C=O)C1CCCCC1. The van der Waals surface area contributed by atoms with Crippen molar-refractivity contribution >= 4 is 47.2 Å². The van der Waals surface area contributed by atoms with E-state index in [2.05, 4.69) is 50.0 Å². The van der Waals surface area contributed by atoms with Crippen LogP contribution in [-0.2, 0) is 9.59 Å². The van der Waals surface area contributed by atoms with Crippen molar-refractivity contribution in [3.05, 3.63) is 37.1 Å². The molecule has 1 aliphatic carbocycles. The number of hydrogen-bond donors (Lipinski definition) is 2. The Labute approximate surface area is 261 Å². The highest BCUT2D eigenvalue weighted by Gasteiger charge is 2.23. The van der Waals surface area contributed by atoms with Crippen LogP contribution in [0.15, 0.2) is 42.0 Å². The second kappa shape index (κ2) is 16.7. The van der Waals surface area contributed by atoms with Gasteiger partial charge in [-0.1, -0.05) is 25.3 Å². The Morgan fingerprint density at radius 2 is 1.98 bits per heavy atom. The summed E-state index contributed by atoms with van der Waals surface area (Å²) in [6.07, 6.45) is 12.9. The molecule has 1 saturated heterocycles. The van der Waals surface area contributed by atoms with E-state index in [0.717, 1.165) is 95.2 Å². The Morgan fingerprint density at radius 3 is 2.66 bits per heavy atom. The van der Waals surface area contributed by atoms with Crippen LogP contribution < -0.4 is 25.2 Å². The molecule has 1 atom stereocenters. The number of aliphatic imine (C=N–C) groups is 1. The predicted molar refractivity (Wildman–Crippen MR) is 178 cm³/mol. The Bertz CT molecular complexity index is 1270. The smallest absolute Gasteiger partial charge is 0.229 e. The Balaban J connectivity index is 1.65. The van der Waals surface area contributed by atoms with Crippen LogP contribution in [0.25, 0.3) is 0 Å². The number of ether oxygens (including phenoxy) is 1. The molecule has 1 unspecified atom stereocenters. The van der Waals surface area contributed by atoms with Crippen LogP contribution in [0.2, 0.25) is 0 Å². The number of amides is 1. The molecule has 2 fully saturated rings. The normalized spacial score (nSPS) is 17.1. The minimum Gasteiger partial charge on any atom is -0.494 e. The highest BCUT2D eigenvalue weighted by atomic mass is 16.5. The van der Waals surface area contributed by atoms with Crippen molar-refractivity contribution in [1.29, 1.82) is 0 Å². The van der Waals surface area contributed by atoms with Gasteiger partial charge in [0.1, 0.15) is 11.4 Å². The maximum absolute atomic E-state index is 12.2. The van der Waals surface area contributed by atoms with E-state index >= 15 is 0 Å². The molecule has 1 aliphatic heterocycles. The van der Waals surface area contributed by atoms with E-state index in [9.17, 15) is 9.59 Å². The van der Waals surface area contributed by atoms with Crippen molar-refractivity contribution in [3.63, 3.8) is 0 Å². The second-order valence-corrected chi connectivity index (χ2v) is 11.7. The van der Waals surface area contributed by atoms with Gasteiger partial charge in [0.05, 0.1) is 24.7 Å². The zero-order valence-electron chi connectivity index (χ0n) is 26.5. The van der Waals surface area contributed by atoms with Crippen LogP contribution in [0.1, 0.15) is 51.4 Å². The summed E-state index contributed by atoms with van der Waals surface area (Å²) in [5, 5.41) is 6.10. The number of rotatable bonds is 16. The molecule has 2 heterocycles. The highest BCUT2D eigenvalue weighted by molar-refractivity contribution is 6.30. The van der Waals surface area contributed by atoms with Crippen molar-refractivity contribution in [2.75, 3.05) is 69.0 Å². The summed E-state index contributed by atoms with van der Waals surface area (Å²) >= 11 is 0. The molecule has 1 amide bonds. The largest absolute Gasteiger partial charge is 0.494 e. The number of carbonyl (C=O) groups excluding carboxylic acids is 2. The Morgan fingerprint density at radius 1 is 1.20 bits per heavy atom. The van der Waals surface area contributed by atoms with Gasteiger partial charge in [0, 0.05) is 63.5 Å². The summed E-state index contributed by atoms with van der Waals surface area (Å²) in [6, 6.07) is 6.20. The summed E-state index contributed by atoms with van der Waals surface area (Å²) in [6.45, 7) is 8.53. The van der Waals surface area contributed by atoms with Gasteiger partial charge in [-0.15, -0.1) is 6.58 Å². The van der Waals surface area contributed by atoms with Gasteiger partial charge in [-0.2, -0.15) is 4.98 Å². The van der Waals surface area contributed by atoms with E-state index in [0.29, 0.717) is 35.5 Å². The fourth-order valence-electron chi connectivity index (χ4n) is 6.02. The maximum Gasteiger partial charge on any atom is 0.229 e. The van der Waals surface area contributed by atoms with E-state index < -0.39 is 0 Å². The molecule has 2 N–H and O–H groups in total. The average Bonchev–Trinajstić information content (AvgIpc) is 3.06. The molecular weight excluding hydrogens is 556 g/mol. The number of carbonyl (C=O) groups is 2. The van der Waals surface area contributed by atoms with Crippen LogP contribution in [0.5, 0.6) is 5.75 Å². The molecule has 2 aliphatic rings. The summed E-state index contributed by atoms with van der Waals surface area (Å²) in [4.78, 5) is 44.2. The average molecular weight is 605 g/mol. The van der Waals surface area contributed by atoms with Crippen molar-refractivity contribution in [3.8, 4) is 5.75 Å². The van der Waals surface area contributed by atoms with Gasteiger partial charge >= 0.3 is 0 Å². The Hall–Kier alpha value is -3.99. The minimum atomic E-state index is 0.0596. The van der Waals surface area contributed by atoms with Crippen LogP contribution in [0.3, 0.4) is 0 Å². The lowest BCUT2D eigenvalue weighted by Gasteiger charge is -2.34. The summed E-state index contributed by atoms with van der Waals surface area (Å²) in [7, 11) is 5.80. The molecule has 2 aromatic rings. The quantitative estimate of drug-likeness (QED) is 0.121. The zero-order chi connectivity index (χ0) is 31.3. The van der Waals surface area contributed by atoms with Crippen molar-refractivity contribution in [2.45, 2.75) is 57.4 Å². The third kappa shape index (κ3) is 8.78. The number of likely N-dealkylation sites (N-methyl/N-ethyl adjacent to an activating group) is 1. The lowest BCUT2D eigenvalue weighted by Crippen LogP contribution is -2.44. The fraction of sp³-hybridized carbons (Fsp3) is 0.545. The van der Waals surface area contributed by atoms with E-state index in [-0.39, 0.29) is 12.0 Å². The lowest BCUT2D eigenvalue weighted by atomic mass is 9.86. The van der Waals surface area contributed by atoms with Gasteiger partial charge in [-0.25, -0.2) is 9.98 Å². The number of nitrogens with one attached hydrogen (secondary N) is 2. The van der Waals surface area contributed by atoms with Crippen LogP contribution in [-0.4, -0.2) is 93.2 Å². The molecule has 11 heteroatoms. The van der Waals surface area contributed by atoms with Crippen LogP contribution in [0.4, 0.5) is 28.8 Å². The van der Waals surface area contributed by atoms with E-state index in [1.807, 2.05) is 25.3 Å². The molecule has 238 valence electrons. The van der Waals surface area contributed by atoms with E-state index in [1.54, 1.807) is 13.3 Å². The summed E-state index contributed by atoms with van der Waals surface area (Å²) < 4.78 is 5.77. The molecule has 1 aromatic heterocycles. The monoisotopic (exact) mass is 604 g/mol. The summed E-state index contributed by atoms with van der Waals surface area (Å²) in [5.41, 5.74) is 2.99. The topological polar surface area (TPSA) is 115 Å². The fourth-order valence-corrected chi connectivity index (χ4v) is 6.02. The number of aromatic nitrogens is 2. The second-order valence-electron chi connectivity index (χ2n) is 11.7. The van der Waals surface area contributed by atoms with Gasteiger partial charge in [0.2, 0.25) is 12.4 Å². The third-order valence-electron chi connectivity index (χ3n) is 8.71. The number of nitrogens with zero attached hydrogens (tertiary/aromatic N) is 6. The number of hydrogen-bond acceptors (Lipinski definition) is 10. The van der Waals surface area contributed by atoms with E-state index in [1.165, 1.54) is 6.42 Å². The van der Waals surface area contributed by atoms with Gasteiger partial charge in [0.25, 0.3) is 0 Å². The molecule has 11 nitrogen and oxygen atoms in total. The maximum atomic E-state index is 12.2. The molecule has 0 spiro atoms. The standard InChI is InChI=1S/C33H48N8O3/c1-5-10-26(13-9-16-34-24-43)40(3)32-29(36-30(23-42)25-11-7-6-8-12-25)22-35-33(38-32)37-28-15-14-27(21-31(28)44-4)41-19-17-39(2)18-20-41/h5,14-15,21-26H,1,6-13,16-20H2,2-4H3,(H,34,43)(H,35,37,38). The molecule has 4 rings (SSSR count). The minimum absolute atomic E-state index is 0.0596. The zero-order valence-corrected chi connectivity index (χ0v) is 26.5. The number of piperazine rings is 1. The molecular formula is C33H48N8O3. The predicted octanol–water partition coefficient (Wildman–Crippen LogP) is 4.74. The van der Waals surface area contributed by atoms with Crippen LogP contribution >= 0.6 is 0 Å². The number of benzene rings is 1.